The van der Waals surface area contributed by atoms with Gasteiger partial charge >= 0.3 is 0 Å². The van der Waals surface area contributed by atoms with Crippen molar-refractivity contribution >= 4 is 11.6 Å². The van der Waals surface area contributed by atoms with Crippen LogP contribution in [-0.2, 0) is 6.54 Å². The molecule has 0 saturated heterocycles. The molecule has 1 aromatic rings. The highest BCUT2D eigenvalue weighted by atomic mass is 35.5. The molecule has 0 aliphatic heterocycles. The molecule has 20 heavy (non-hydrogen) atoms. The molecule has 1 heterocycles. The van der Waals surface area contributed by atoms with Crippen molar-refractivity contribution < 1.29 is 4.74 Å². The lowest BCUT2D eigenvalue weighted by molar-refractivity contribution is 0.226. The van der Waals surface area contributed by atoms with Crippen LogP contribution in [-0.4, -0.2) is 42.2 Å². The second kappa shape index (κ2) is 7.25. The lowest BCUT2D eigenvalue weighted by Gasteiger charge is -2.16. The van der Waals surface area contributed by atoms with Crippen LogP contribution in [0, 0.1) is 0 Å². The number of aromatic nitrogens is 1. The van der Waals surface area contributed by atoms with Crippen molar-refractivity contribution in [1.82, 2.24) is 15.2 Å². The lowest BCUT2D eigenvalue weighted by Crippen LogP contribution is -2.26. The summed E-state index contributed by atoms with van der Waals surface area (Å²) < 4.78 is 5.72. The van der Waals surface area contributed by atoms with Gasteiger partial charge in [-0.2, -0.15) is 0 Å². The van der Waals surface area contributed by atoms with Gasteiger partial charge in [-0.25, -0.2) is 4.98 Å². The van der Waals surface area contributed by atoms with E-state index in [2.05, 4.69) is 36.1 Å². The predicted molar refractivity (Wildman–Crippen MR) is 82.4 cm³/mol. The Kier molecular flexibility index (Phi) is 5.64. The summed E-state index contributed by atoms with van der Waals surface area (Å²) in [5, 5.41) is 4.00. The summed E-state index contributed by atoms with van der Waals surface area (Å²) in [5.74, 6) is 0.652. The Labute approximate surface area is 126 Å². The van der Waals surface area contributed by atoms with Crippen LogP contribution in [0.4, 0.5) is 0 Å². The summed E-state index contributed by atoms with van der Waals surface area (Å²) in [6.07, 6.45) is 2.64. The van der Waals surface area contributed by atoms with Crippen LogP contribution >= 0.6 is 11.6 Å². The molecular formula is C15H24ClN3O. The van der Waals surface area contributed by atoms with Crippen molar-refractivity contribution in [2.75, 3.05) is 20.2 Å². The van der Waals surface area contributed by atoms with Crippen molar-refractivity contribution in [2.45, 2.75) is 45.3 Å². The lowest BCUT2D eigenvalue weighted by atomic mass is 10.3. The van der Waals surface area contributed by atoms with E-state index in [0.717, 1.165) is 18.3 Å². The van der Waals surface area contributed by atoms with Crippen molar-refractivity contribution in [3.63, 3.8) is 0 Å². The number of halogens is 1. The van der Waals surface area contributed by atoms with Crippen LogP contribution in [0.15, 0.2) is 12.1 Å². The highest BCUT2D eigenvalue weighted by molar-refractivity contribution is 6.31. The van der Waals surface area contributed by atoms with Gasteiger partial charge in [0, 0.05) is 31.2 Å². The number of ether oxygens (including phenoxy) is 1. The third kappa shape index (κ3) is 4.93. The molecule has 1 N–H and O–H groups in total. The fourth-order valence-corrected chi connectivity index (χ4v) is 2.13. The Bertz CT molecular complexity index is 435. The molecule has 2 rings (SSSR count). The number of likely N-dealkylation sites (N-methyl/N-ethyl adjacent to an activating group) is 1. The third-order valence-electron chi connectivity index (χ3n) is 3.43. The highest BCUT2D eigenvalue weighted by Crippen LogP contribution is 2.25. The van der Waals surface area contributed by atoms with Crippen LogP contribution < -0.4 is 10.1 Å². The number of hydrogen-bond donors (Lipinski definition) is 1. The smallest absolute Gasteiger partial charge is 0.213 e. The summed E-state index contributed by atoms with van der Waals surface area (Å²) in [6.45, 7) is 6.47. The Hall–Kier alpha value is -0.840. The molecule has 1 aliphatic carbocycles. The fourth-order valence-electron chi connectivity index (χ4n) is 1.96. The molecule has 0 amide bonds. The SMILES string of the molecule is CC(C)NCc1nc(OCCN(C)C2CC2)ccc1Cl. The predicted octanol–water partition coefficient (Wildman–Crippen LogP) is 2.71. The zero-order valence-electron chi connectivity index (χ0n) is 12.5. The first-order chi connectivity index (χ1) is 9.56. The molecule has 1 aliphatic rings. The molecular weight excluding hydrogens is 274 g/mol. The highest BCUT2D eigenvalue weighted by Gasteiger charge is 2.25. The third-order valence-corrected chi connectivity index (χ3v) is 3.78. The first-order valence-corrected chi connectivity index (χ1v) is 7.66. The molecule has 0 aromatic carbocycles. The first kappa shape index (κ1) is 15.5. The minimum absolute atomic E-state index is 0.407. The normalized spacial score (nSPS) is 15.1. The monoisotopic (exact) mass is 297 g/mol. The Balaban J connectivity index is 1.82. The standard InChI is InChI=1S/C15H24ClN3O/c1-11(2)17-10-14-13(16)6-7-15(18-14)20-9-8-19(3)12-4-5-12/h6-7,11-12,17H,4-5,8-10H2,1-3H3. The molecule has 1 aromatic heterocycles. The van der Waals surface area contributed by atoms with Gasteiger partial charge in [-0.1, -0.05) is 25.4 Å². The Morgan fingerprint density at radius 1 is 1.45 bits per heavy atom. The minimum Gasteiger partial charge on any atom is -0.476 e. The van der Waals surface area contributed by atoms with Crippen LogP contribution in [0.1, 0.15) is 32.4 Å². The van der Waals surface area contributed by atoms with Crippen molar-refractivity contribution in [2.24, 2.45) is 0 Å². The van der Waals surface area contributed by atoms with Crippen LogP contribution in [0.5, 0.6) is 5.88 Å². The fraction of sp³-hybridized carbons (Fsp3) is 0.667. The van der Waals surface area contributed by atoms with E-state index in [1.165, 1.54) is 12.8 Å². The minimum atomic E-state index is 0.407. The van der Waals surface area contributed by atoms with Gasteiger partial charge in [0.05, 0.1) is 10.7 Å². The van der Waals surface area contributed by atoms with Crippen molar-refractivity contribution in [1.29, 1.82) is 0 Å². The molecule has 5 heteroatoms. The summed E-state index contributed by atoms with van der Waals surface area (Å²) >= 11 is 6.15. The zero-order chi connectivity index (χ0) is 14.5. The van der Waals surface area contributed by atoms with Crippen molar-refractivity contribution in [3.8, 4) is 5.88 Å². The number of rotatable bonds is 8. The van der Waals surface area contributed by atoms with Gasteiger partial charge in [-0.05, 0) is 26.0 Å². The second-order valence-electron chi connectivity index (χ2n) is 5.67. The molecule has 0 spiro atoms. The van der Waals surface area contributed by atoms with E-state index in [4.69, 9.17) is 16.3 Å². The van der Waals surface area contributed by atoms with Crippen molar-refractivity contribution in [3.05, 3.63) is 22.8 Å². The largest absolute Gasteiger partial charge is 0.476 e. The van der Waals surface area contributed by atoms with E-state index in [0.29, 0.717) is 30.1 Å². The molecule has 4 nitrogen and oxygen atoms in total. The molecule has 0 unspecified atom stereocenters. The van der Waals surface area contributed by atoms with E-state index in [1.54, 1.807) is 0 Å². The van der Waals surface area contributed by atoms with Gasteiger partial charge in [0.2, 0.25) is 5.88 Å². The maximum absolute atomic E-state index is 6.15. The van der Waals surface area contributed by atoms with E-state index in [9.17, 15) is 0 Å². The second-order valence-corrected chi connectivity index (χ2v) is 6.08. The van der Waals surface area contributed by atoms with E-state index < -0.39 is 0 Å². The number of pyridine rings is 1. The Morgan fingerprint density at radius 3 is 2.85 bits per heavy atom. The Morgan fingerprint density at radius 2 is 2.20 bits per heavy atom. The molecule has 0 radical (unpaired) electrons. The van der Waals surface area contributed by atoms with Gasteiger partial charge < -0.3 is 15.0 Å². The van der Waals surface area contributed by atoms with E-state index >= 15 is 0 Å². The van der Waals surface area contributed by atoms with Gasteiger partial charge in [0.1, 0.15) is 6.61 Å². The average molecular weight is 298 g/mol. The van der Waals surface area contributed by atoms with Crippen LogP contribution in [0.25, 0.3) is 0 Å². The van der Waals surface area contributed by atoms with Gasteiger partial charge in [0.15, 0.2) is 0 Å². The number of nitrogens with one attached hydrogen (secondary N) is 1. The van der Waals surface area contributed by atoms with Crippen LogP contribution in [0.3, 0.4) is 0 Å². The maximum atomic E-state index is 6.15. The number of hydrogen-bond acceptors (Lipinski definition) is 4. The zero-order valence-corrected chi connectivity index (χ0v) is 13.3. The summed E-state index contributed by atoms with van der Waals surface area (Å²) in [4.78, 5) is 6.81. The summed E-state index contributed by atoms with van der Waals surface area (Å²) in [5.41, 5.74) is 0.841. The van der Waals surface area contributed by atoms with Gasteiger partial charge in [-0.3, -0.25) is 0 Å². The summed E-state index contributed by atoms with van der Waals surface area (Å²) in [6, 6.07) is 4.86. The van der Waals surface area contributed by atoms with E-state index in [-0.39, 0.29) is 0 Å². The quantitative estimate of drug-likeness (QED) is 0.800. The first-order valence-electron chi connectivity index (χ1n) is 7.28. The maximum Gasteiger partial charge on any atom is 0.213 e. The number of nitrogens with zero attached hydrogens (tertiary/aromatic N) is 2. The molecule has 1 fully saturated rings. The van der Waals surface area contributed by atoms with Gasteiger partial charge in [0.25, 0.3) is 0 Å². The van der Waals surface area contributed by atoms with E-state index in [1.807, 2.05) is 12.1 Å². The topological polar surface area (TPSA) is 37.4 Å². The van der Waals surface area contributed by atoms with Crippen LogP contribution in [0.2, 0.25) is 5.02 Å². The average Bonchev–Trinajstić information content (AvgIpc) is 3.23. The molecule has 112 valence electrons. The molecule has 0 atom stereocenters. The van der Waals surface area contributed by atoms with Gasteiger partial charge in [-0.15, -0.1) is 0 Å². The molecule has 0 bridgehead atoms. The molecule has 1 saturated carbocycles. The summed E-state index contributed by atoms with van der Waals surface area (Å²) in [7, 11) is 2.15.